The molecule has 0 atom stereocenters. The summed E-state index contributed by atoms with van der Waals surface area (Å²) in [6.45, 7) is 4.88. The summed E-state index contributed by atoms with van der Waals surface area (Å²) in [6, 6.07) is 12.0. The number of nitrogens with zero attached hydrogens (tertiary/aromatic N) is 1. The third-order valence-corrected chi connectivity index (χ3v) is 4.07. The van der Waals surface area contributed by atoms with E-state index in [4.69, 9.17) is 5.73 Å². The molecule has 6 heteroatoms. The maximum atomic E-state index is 13.1. The molecule has 2 rings (SSSR count). The lowest BCUT2D eigenvalue weighted by Gasteiger charge is -2.29. The summed E-state index contributed by atoms with van der Waals surface area (Å²) < 4.78 is 13.1. The maximum Gasteiger partial charge on any atom is 0.254 e. The van der Waals surface area contributed by atoms with Gasteiger partial charge in [-0.25, -0.2) is 4.39 Å². The second kappa shape index (κ2) is 8.92. The minimum Gasteiger partial charge on any atom is -0.341 e. The van der Waals surface area contributed by atoms with Crippen molar-refractivity contribution in [1.29, 1.82) is 0 Å². The monoisotopic (exact) mass is 378 g/mol. The first-order chi connectivity index (χ1) is 11.7. The van der Waals surface area contributed by atoms with Gasteiger partial charge in [-0.05, 0) is 42.3 Å². The Bertz CT molecular complexity index is 776. The van der Waals surface area contributed by atoms with E-state index in [2.05, 4.69) is 0 Å². The molecule has 0 unspecified atom stereocenters. The number of nitrogens with two attached hydrogens (primary N) is 1. The lowest BCUT2D eigenvalue weighted by molar-refractivity contribution is 0.0736. The number of halogens is 2. The van der Waals surface area contributed by atoms with E-state index in [0.29, 0.717) is 29.8 Å². The van der Waals surface area contributed by atoms with Gasteiger partial charge >= 0.3 is 0 Å². The average molecular weight is 379 g/mol. The molecular formula is C20H24ClFN2O2. The Kier molecular flexibility index (Phi) is 7.48. The molecule has 1 amide bonds. The highest BCUT2D eigenvalue weighted by atomic mass is 35.5. The van der Waals surface area contributed by atoms with Crippen LogP contribution >= 0.6 is 12.4 Å². The summed E-state index contributed by atoms with van der Waals surface area (Å²) in [7, 11) is 1.69. The molecule has 0 aromatic heterocycles. The van der Waals surface area contributed by atoms with Crippen LogP contribution in [0.5, 0.6) is 0 Å². The van der Waals surface area contributed by atoms with Gasteiger partial charge in [0.25, 0.3) is 5.91 Å². The number of ketones is 1. The molecule has 0 aliphatic carbocycles. The smallest absolute Gasteiger partial charge is 0.254 e. The fourth-order valence-electron chi connectivity index (χ4n) is 2.61. The fourth-order valence-corrected chi connectivity index (χ4v) is 2.61. The average Bonchev–Trinajstić information content (AvgIpc) is 2.60. The molecule has 140 valence electrons. The Labute approximate surface area is 159 Å². The Morgan fingerprint density at radius 3 is 2.12 bits per heavy atom. The Morgan fingerprint density at radius 1 is 1.04 bits per heavy atom. The van der Waals surface area contributed by atoms with E-state index >= 15 is 0 Å². The molecule has 0 saturated heterocycles. The zero-order valence-electron chi connectivity index (χ0n) is 15.2. The molecule has 26 heavy (non-hydrogen) atoms. The van der Waals surface area contributed by atoms with E-state index in [0.717, 1.165) is 0 Å². The molecule has 2 N–H and O–H groups in total. The molecule has 0 fully saturated rings. The summed E-state index contributed by atoms with van der Waals surface area (Å²) >= 11 is 0. The van der Waals surface area contributed by atoms with E-state index in [1.807, 2.05) is 13.8 Å². The molecule has 0 aliphatic heterocycles. The van der Waals surface area contributed by atoms with Crippen LogP contribution in [0.2, 0.25) is 0 Å². The number of carbonyl (C=O) groups excluding carboxylic acids is 2. The Morgan fingerprint density at radius 2 is 1.58 bits per heavy atom. The van der Waals surface area contributed by atoms with Crippen molar-refractivity contribution in [2.24, 2.45) is 11.1 Å². The third-order valence-electron chi connectivity index (χ3n) is 4.07. The van der Waals surface area contributed by atoms with Crippen LogP contribution in [0.25, 0.3) is 0 Å². The van der Waals surface area contributed by atoms with Gasteiger partial charge in [0.1, 0.15) is 5.82 Å². The fraction of sp³-hybridized carbons (Fsp3) is 0.300. The van der Waals surface area contributed by atoms with Crippen LogP contribution in [0.3, 0.4) is 0 Å². The number of hydrogen-bond acceptors (Lipinski definition) is 3. The van der Waals surface area contributed by atoms with Crippen molar-refractivity contribution >= 4 is 24.1 Å². The van der Waals surface area contributed by atoms with Crippen LogP contribution in [-0.2, 0) is 0 Å². The highest BCUT2D eigenvalue weighted by Gasteiger charge is 2.25. The number of carbonyl (C=O) groups is 2. The van der Waals surface area contributed by atoms with Gasteiger partial charge in [0, 0.05) is 24.7 Å². The summed E-state index contributed by atoms with van der Waals surface area (Å²) in [5, 5.41) is 0. The van der Waals surface area contributed by atoms with E-state index in [1.54, 1.807) is 36.2 Å². The van der Waals surface area contributed by atoms with Gasteiger partial charge in [-0.15, -0.1) is 12.4 Å². The largest absolute Gasteiger partial charge is 0.341 e. The van der Waals surface area contributed by atoms with E-state index < -0.39 is 5.82 Å². The molecule has 2 aromatic carbocycles. The SMILES string of the molecule is CN(CC(C)(C)CN)C(=O)c1ccccc1C(=O)c1ccc(F)cc1.Cl. The van der Waals surface area contributed by atoms with Crippen molar-refractivity contribution in [2.45, 2.75) is 13.8 Å². The van der Waals surface area contributed by atoms with Crippen LogP contribution in [0.1, 0.15) is 40.1 Å². The lowest BCUT2D eigenvalue weighted by atomic mass is 9.92. The topological polar surface area (TPSA) is 63.4 Å². The minimum atomic E-state index is -0.412. The van der Waals surface area contributed by atoms with Crippen LogP contribution in [0.4, 0.5) is 4.39 Å². The second-order valence-electron chi connectivity index (χ2n) is 6.91. The molecule has 0 heterocycles. The van der Waals surface area contributed by atoms with Gasteiger partial charge in [0.05, 0.1) is 5.56 Å². The number of amides is 1. The number of rotatable bonds is 6. The lowest BCUT2D eigenvalue weighted by Crippen LogP contribution is -2.40. The third kappa shape index (κ3) is 5.13. The van der Waals surface area contributed by atoms with Crippen LogP contribution in [0.15, 0.2) is 48.5 Å². The Balaban J connectivity index is 0.00000338. The van der Waals surface area contributed by atoms with Crippen molar-refractivity contribution in [2.75, 3.05) is 20.1 Å². The molecule has 0 radical (unpaired) electrons. The van der Waals surface area contributed by atoms with Crippen molar-refractivity contribution < 1.29 is 14.0 Å². The van der Waals surface area contributed by atoms with Gasteiger partial charge in [-0.3, -0.25) is 9.59 Å². The van der Waals surface area contributed by atoms with Gasteiger partial charge in [0.2, 0.25) is 0 Å². The first-order valence-electron chi connectivity index (χ1n) is 8.10. The molecule has 0 saturated carbocycles. The highest BCUT2D eigenvalue weighted by Crippen LogP contribution is 2.19. The standard InChI is InChI=1S/C20H23FN2O2.ClH/c1-20(2,12-22)13-23(3)19(25)17-7-5-4-6-16(17)18(24)14-8-10-15(21)11-9-14;/h4-11H,12-13,22H2,1-3H3;1H. The molecule has 0 spiro atoms. The van der Waals surface area contributed by atoms with Crippen LogP contribution in [-0.4, -0.2) is 36.7 Å². The number of benzene rings is 2. The van der Waals surface area contributed by atoms with E-state index in [-0.39, 0.29) is 29.5 Å². The zero-order valence-corrected chi connectivity index (χ0v) is 16.0. The number of hydrogen-bond donors (Lipinski definition) is 1. The quantitative estimate of drug-likeness (QED) is 0.782. The van der Waals surface area contributed by atoms with Gasteiger partial charge < -0.3 is 10.6 Å². The van der Waals surface area contributed by atoms with Crippen molar-refractivity contribution in [3.8, 4) is 0 Å². The first kappa shape index (κ1) is 21.8. The van der Waals surface area contributed by atoms with Gasteiger partial charge in [-0.1, -0.05) is 32.0 Å². The molecule has 2 aromatic rings. The highest BCUT2D eigenvalue weighted by molar-refractivity contribution is 6.15. The summed E-state index contributed by atoms with van der Waals surface area (Å²) in [5.41, 5.74) is 6.48. The van der Waals surface area contributed by atoms with Crippen molar-refractivity contribution in [3.63, 3.8) is 0 Å². The maximum absolute atomic E-state index is 13.1. The summed E-state index contributed by atoms with van der Waals surface area (Å²) in [6.07, 6.45) is 0. The first-order valence-corrected chi connectivity index (χ1v) is 8.10. The molecular weight excluding hydrogens is 355 g/mol. The van der Waals surface area contributed by atoms with E-state index in [1.165, 1.54) is 24.3 Å². The van der Waals surface area contributed by atoms with Gasteiger partial charge in [0.15, 0.2) is 5.78 Å². The molecule has 4 nitrogen and oxygen atoms in total. The zero-order chi connectivity index (χ0) is 18.6. The second-order valence-corrected chi connectivity index (χ2v) is 6.91. The normalized spacial score (nSPS) is 10.8. The predicted molar refractivity (Wildman–Crippen MR) is 103 cm³/mol. The molecule has 0 aliphatic rings. The van der Waals surface area contributed by atoms with Crippen LogP contribution < -0.4 is 5.73 Å². The summed E-state index contributed by atoms with van der Waals surface area (Å²) in [4.78, 5) is 27.1. The predicted octanol–water partition coefficient (Wildman–Crippen LogP) is 3.54. The van der Waals surface area contributed by atoms with Gasteiger partial charge in [-0.2, -0.15) is 0 Å². The van der Waals surface area contributed by atoms with Crippen molar-refractivity contribution in [1.82, 2.24) is 4.90 Å². The van der Waals surface area contributed by atoms with Crippen molar-refractivity contribution in [3.05, 3.63) is 71.0 Å². The minimum absolute atomic E-state index is 0. The van der Waals surface area contributed by atoms with Crippen LogP contribution in [0, 0.1) is 11.2 Å². The Hall–Kier alpha value is -2.24. The summed E-state index contributed by atoms with van der Waals surface area (Å²) in [5.74, 6) is -0.965. The molecule has 0 bridgehead atoms. The van der Waals surface area contributed by atoms with E-state index in [9.17, 15) is 14.0 Å².